The number of furan rings is 1. The summed E-state index contributed by atoms with van der Waals surface area (Å²) in [6.07, 6.45) is 0. The van der Waals surface area contributed by atoms with E-state index in [0.29, 0.717) is 18.0 Å². The number of hydrogen-bond acceptors (Lipinski definition) is 4. The third-order valence-electron chi connectivity index (χ3n) is 2.94. The Hall–Kier alpha value is -1.31. The van der Waals surface area contributed by atoms with Crippen molar-refractivity contribution in [3.8, 4) is 0 Å². The monoisotopic (exact) mass is 372 g/mol. The second kappa shape index (κ2) is 6.21. The summed E-state index contributed by atoms with van der Waals surface area (Å²) in [4.78, 5) is 0. The predicted octanol–water partition coefficient (Wildman–Crippen LogP) is 3.18. The van der Waals surface area contributed by atoms with Gasteiger partial charge < -0.3 is 9.73 Å². The standard InChI is InChI=1S/C14H17BrN2O3S/c1-9-6-11(7-10(2)14(9)15)17-21(18,19)13-5-4-12(20-13)8-16-3/h4-7,16-17H,8H2,1-3H3. The molecule has 2 aromatic rings. The molecule has 0 bridgehead atoms. The van der Waals surface area contributed by atoms with Crippen LogP contribution in [0.15, 0.2) is 38.2 Å². The van der Waals surface area contributed by atoms with Gasteiger partial charge in [0.15, 0.2) is 0 Å². The van der Waals surface area contributed by atoms with Crippen molar-refractivity contribution in [2.75, 3.05) is 11.8 Å². The van der Waals surface area contributed by atoms with E-state index in [1.807, 2.05) is 13.8 Å². The lowest BCUT2D eigenvalue weighted by Gasteiger charge is -2.10. The molecular weight excluding hydrogens is 356 g/mol. The molecule has 0 saturated heterocycles. The van der Waals surface area contributed by atoms with Gasteiger partial charge in [-0.2, -0.15) is 8.42 Å². The summed E-state index contributed by atoms with van der Waals surface area (Å²) in [6.45, 7) is 4.30. The van der Waals surface area contributed by atoms with Gasteiger partial charge in [0.2, 0.25) is 5.09 Å². The summed E-state index contributed by atoms with van der Waals surface area (Å²) in [5.41, 5.74) is 2.44. The first-order chi connectivity index (χ1) is 9.83. The van der Waals surface area contributed by atoms with Crippen molar-refractivity contribution in [2.24, 2.45) is 0 Å². The quantitative estimate of drug-likeness (QED) is 0.845. The molecule has 2 rings (SSSR count). The lowest BCUT2D eigenvalue weighted by atomic mass is 10.1. The molecule has 0 spiro atoms. The molecule has 0 unspecified atom stereocenters. The zero-order chi connectivity index (χ0) is 15.6. The molecule has 2 N–H and O–H groups in total. The van der Waals surface area contributed by atoms with Crippen molar-refractivity contribution in [2.45, 2.75) is 25.5 Å². The van der Waals surface area contributed by atoms with Crippen molar-refractivity contribution < 1.29 is 12.8 Å². The minimum absolute atomic E-state index is 0.0917. The highest BCUT2D eigenvalue weighted by molar-refractivity contribution is 9.10. The highest BCUT2D eigenvalue weighted by Crippen LogP contribution is 2.26. The van der Waals surface area contributed by atoms with E-state index in [4.69, 9.17) is 4.42 Å². The lowest BCUT2D eigenvalue weighted by Crippen LogP contribution is -2.12. The number of aryl methyl sites for hydroxylation is 2. The second-order valence-electron chi connectivity index (χ2n) is 4.78. The Labute approximate surface area is 132 Å². The van der Waals surface area contributed by atoms with Crippen LogP contribution >= 0.6 is 15.9 Å². The summed E-state index contributed by atoms with van der Waals surface area (Å²) in [6, 6.07) is 6.63. The van der Waals surface area contributed by atoms with Crippen molar-refractivity contribution in [3.63, 3.8) is 0 Å². The highest BCUT2D eigenvalue weighted by atomic mass is 79.9. The van der Waals surface area contributed by atoms with Crippen LogP contribution in [0.3, 0.4) is 0 Å². The molecule has 0 aliphatic carbocycles. The fourth-order valence-corrected chi connectivity index (χ4v) is 3.20. The number of nitrogens with one attached hydrogen (secondary N) is 2. The van der Waals surface area contributed by atoms with Gasteiger partial charge in [0, 0.05) is 10.2 Å². The summed E-state index contributed by atoms with van der Waals surface area (Å²) in [5.74, 6) is 0.570. The molecule has 0 atom stereocenters. The zero-order valence-electron chi connectivity index (χ0n) is 12.0. The van der Waals surface area contributed by atoms with Crippen molar-refractivity contribution in [1.29, 1.82) is 0 Å². The van der Waals surface area contributed by atoms with Crippen molar-refractivity contribution >= 4 is 31.6 Å². The molecule has 1 aromatic carbocycles. The van der Waals surface area contributed by atoms with E-state index in [2.05, 4.69) is 26.0 Å². The fourth-order valence-electron chi connectivity index (χ4n) is 1.98. The first-order valence-electron chi connectivity index (χ1n) is 6.36. The molecule has 21 heavy (non-hydrogen) atoms. The molecule has 0 radical (unpaired) electrons. The van der Waals surface area contributed by atoms with Crippen LogP contribution in [0.25, 0.3) is 0 Å². The maximum atomic E-state index is 12.3. The average molecular weight is 373 g/mol. The summed E-state index contributed by atoms with van der Waals surface area (Å²) in [5, 5.41) is 2.81. The van der Waals surface area contributed by atoms with Crippen molar-refractivity contribution in [1.82, 2.24) is 5.32 Å². The Morgan fingerprint density at radius 3 is 2.38 bits per heavy atom. The van der Waals surface area contributed by atoms with E-state index in [-0.39, 0.29) is 5.09 Å². The molecule has 0 fully saturated rings. The topological polar surface area (TPSA) is 71.3 Å². The zero-order valence-corrected chi connectivity index (χ0v) is 14.4. The van der Waals surface area contributed by atoms with Gasteiger partial charge in [0.1, 0.15) is 5.76 Å². The number of halogens is 1. The van der Waals surface area contributed by atoms with Crippen LogP contribution in [0.2, 0.25) is 0 Å². The van der Waals surface area contributed by atoms with E-state index in [1.165, 1.54) is 6.07 Å². The van der Waals surface area contributed by atoms with Gasteiger partial charge in [0.25, 0.3) is 10.0 Å². The largest absolute Gasteiger partial charge is 0.446 e. The van der Waals surface area contributed by atoms with Crippen LogP contribution in [-0.4, -0.2) is 15.5 Å². The highest BCUT2D eigenvalue weighted by Gasteiger charge is 2.19. The van der Waals surface area contributed by atoms with E-state index < -0.39 is 10.0 Å². The SMILES string of the molecule is CNCc1ccc(S(=O)(=O)Nc2cc(C)c(Br)c(C)c2)o1. The normalized spacial score (nSPS) is 11.6. The number of benzene rings is 1. The molecule has 1 aromatic heterocycles. The molecule has 1 heterocycles. The number of rotatable bonds is 5. The predicted molar refractivity (Wildman–Crippen MR) is 85.9 cm³/mol. The van der Waals surface area contributed by atoms with Gasteiger partial charge in [-0.25, -0.2) is 0 Å². The maximum Gasteiger partial charge on any atom is 0.295 e. The molecular formula is C14H17BrN2O3S. The third-order valence-corrected chi connectivity index (χ3v) is 5.45. The number of sulfonamides is 1. The molecule has 0 saturated carbocycles. The van der Waals surface area contributed by atoms with Crippen LogP contribution < -0.4 is 10.0 Å². The summed E-state index contributed by atoms with van der Waals surface area (Å²) in [7, 11) is -1.95. The molecule has 114 valence electrons. The summed E-state index contributed by atoms with van der Waals surface area (Å²) >= 11 is 3.46. The van der Waals surface area contributed by atoms with Crippen LogP contribution in [-0.2, 0) is 16.6 Å². The van der Waals surface area contributed by atoms with Gasteiger partial charge in [-0.1, -0.05) is 15.9 Å². The van der Waals surface area contributed by atoms with Crippen LogP contribution in [0.1, 0.15) is 16.9 Å². The Morgan fingerprint density at radius 2 is 1.81 bits per heavy atom. The van der Waals surface area contributed by atoms with Crippen LogP contribution in [0.5, 0.6) is 0 Å². The Balaban J connectivity index is 2.28. The number of hydrogen-bond donors (Lipinski definition) is 2. The molecule has 7 heteroatoms. The van der Waals surface area contributed by atoms with E-state index >= 15 is 0 Å². The van der Waals surface area contributed by atoms with Gasteiger partial charge in [-0.3, -0.25) is 4.72 Å². The fraction of sp³-hybridized carbons (Fsp3) is 0.286. The summed E-state index contributed by atoms with van der Waals surface area (Å²) < 4.78 is 33.4. The van der Waals surface area contributed by atoms with Gasteiger partial charge >= 0.3 is 0 Å². The lowest BCUT2D eigenvalue weighted by molar-refractivity contribution is 0.408. The maximum absolute atomic E-state index is 12.3. The average Bonchev–Trinajstić information content (AvgIpc) is 2.85. The molecule has 0 aliphatic rings. The van der Waals surface area contributed by atoms with E-state index in [0.717, 1.165) is 15.6 Å². The van der Waals surface area contributed by atoms with Gasteiger partial charge in [-0.05, 0) is 56.3 Å². The minimum atomic E-state index is -3.72. The van der Waals surface area contributed by atoms with E-state index in [1.54, 1.807) is 25.2 Å². The first kappa shape index (κ1) is 16.1. The van der Waals surface area contributed by atoms with E-state index in [9.17, 15) is 8.42 Å². The smallest absolute Gasteiger partial charge is 0.295 e. The molecule has 0 amide bonds. The Kier molecular flexibility index (Phi) is 4.75. The Morgan fingerprint density at radius 1 is 1.19 bits per heavy atom. The third kappa shape index (κ3) is 3.66. The first-order valence-corrected chi connectivity index (χ1v) is 8.64. The second-order valence-corrected chi connectivity index (χ2v) is 7.19. The van der Waals surface area contributed by atoms with Crippen LogP contribution in [0, 0.1) is 13.8 Å². The molecule has 5 nitrogen and oxygen atoms in total. The van der Waals surface area contributed by atoms with Crippen LogP contribution in [0.4, 0.5) is 5.69 Å². The van der Waals surface area contributed by atoms with Gasteiger partial charge in [0.05, 0.1) is 6.54 Å². The van der Waals surface area contributed by atoms with Gasteiger partial charge in [-0.15, -0.1) is 0 Å². The number of anilines is 1. The minimum Gasteiger partial charge on any atom is -0.446 e. The van der Waals surface area contributed by atoms with Crippen molar-refractivity contribution in [3.05, 3.63) is 45.6 Å². The Bertz CT molecular complexity index is 730. The molecule has 0 aliphatic heterocycles.